The number of hydrogen-bond acceptors (Lipinski definition) is 3. The van der Waals surface area contributed by atoms with Crippen LogP contribution in [0.2, 0.25) is 0 Å². The Hall–Kier alpha value is -1.34. The molecule has 1 aromatic carbocycles. The highest BCUT2D eigenvalue weighted by atomic mass is 79.9. The van der Waals surface area contributed by atoms with Crippen molar-refractivity contribution in [2.75, 3.05) is 6.61 Å². The van der Waals surface area contributed by atoms with Gasteiger partial charge in [-0.1, -0.05) is 15.9 Å². The summed E-state index contributed by atoms with van der Waals surface area (Å²) in [7, 11) is 0. The number of alkyl halides is 1. The van der Waals surface area contributed by atoms with Gasteiger partial charge in [0.15, 0.2) is 0 Å². The lowest BCUT2D eigenvalue weighted by Gasteiger charge is -2.08. The van der Waals surface area contributed by atoms with Gasteiger partial charge >= 0.3 is 5.97 Å². The van der Waals surface area contributed by atoms with E-state index in [1.54, 1.807) is 26.0 Å². The molecule has 0 aromatic heterocycles. The minimum absolute atomic E-state index is 0.341. The van der Waals surface area contributed by atoms with E-state index in [0.717, 1.165) is 11.1 Å². The van der Waals surface area contributed by atoms with Crippen LogP contribution in [-0.2, 0) is 10.1 Å². The van der Waals surface area contributed by atoms with Gasteiger partial charge in [0, 0.05) is 5.33 Å². The molecule has 0 amide bonds. The molecular weight excluding hydrogens is 270 g/mol. The highest BCUT2D eigenvalue weighted by molar-refractivity contribution is 9.08. The van der Waals surface area contributed by atoms with Gasteiger partial charge in [-0.25, -0.2) is 4.79 Å². The van der Waals surface area contributed by atoms with Crippen LogP contribution in [0.3, 0.4) is 0 Å². The van der Waals surface area contributed by atoms with E-state index < -0.39 is 0 Å². The second-order valence-corrected chi connectivity index (χ2v) is 3.85. The van der Waals surface area contributed by atoms with Crippen molar-refractivity contribution in [2.45, 2.75) is 19.2 Å². The molecule has 0 spiro atoms. The Morgan fingerprint density at radius 1 is 1.56 bits per heavy atom. The van der Waals surface area contributed by atoms with E-state index in [2.05, 4.69) is 22.0 Å². The first-order valence-electron chi connectivity index (χ1n) is 4.90. The Labute approximate surface area is 103 Å². The average Bonchev–Trinajstić information content (AvgIpc) is 2.28. The van der Waals surface area contributed by atoms with Crippen LogP contribution in [0, 0.1) is 18.3 Å². The fourth-order valence-corrected chi connectivity index (χ4v) is 1.86. The predicted octanol–water partition coefficient (Wildman–Crippen LogP) is 2.94. The van der Waals surface area contributed by atoms with Gasteiger partial charge in [0.2, 0.25) is 0 Å². The summed E-state index contributed by atoms with van der Waals surface area (Å²) in [5, 5.41) is 9.46. The van der Waals surface area contributed by atoms with E-state index in [-0.39, 0.29) is 5.97 Å². The van der Waals surface area contributed by atoms with Gasteiger partial charge in [-0.15, -0.1) is 0 Å². The number of nitrogens with zero attached hydrogens (tertiary/aromatic N) is 1. The third kappa shape index (κ3) is 2.61. The van der Waals surface area contributed by atoms with E-state index in [0.29, 0.717) is 23.1 Å². The molecule has 0 saturated heterocycles. The summed E-state index contributed by atoms with van der Waals surface area (Å²) in [5.74, 6) is -0.341. The first kappa shape index (κ1) is 12.7. The van der Waals surface area contributed by atoms with Crippen molar-refractivity contribution >= 4 is 21.9 Å². The maximum Gasteiger partial charge on any atom is 0.338 e. The highest BCUT2D eigenvalue weighted by Crippen LogP contribution is 2.19. The molecule has 0 fully saturated rings. The van der Waals surface area contributed by atoms with Crippen molar-refractivity contribution in [1.82, 2.24) is 0 Å². The number of carbonyl (C=O) groups is 1. The number of aryl methyl sites for hydroxylation is 1. The second kappa shape index (κ2) is 5.66. The number of ether oxygens (including phenoxy) is 1. The monoisotopic (exact) mass is 281 g/mol. The van der Waals surface area contributed by atoms with Crippen LogP contribution in [0.25, 0.3) is 0 Å². The van der Waals surface area contributed by atoms with Crippen LogP contribution >= 0.6 is 15.9 Å². The van der Waals surface area contributed by atoms with Crippen LogP contribution in [0.5, 0.6) is 0 Å². The fourth-order valence-electron chi connectivity index (χ4n) is 1.40. The molecule has 3 nitrogen and oxygen atoms in total. The van der Waals surface area contributed by atoms with E-state index in [9.17, 15) is 4.79 Å². The van der Waals surface area contributed by atoms with E-state index >= 15 is 0 Å². The SMILES string of the molecule is CCOC(=O)c1cc(CBr)c(C#N)cc1C. The number of rotatable bonds is 3. The molecule has 0 aliphatic heterocycles. The van der Waals surface area contributed by atoms with Crippen molar-refractivity contribution < 1.29 is 9.53 Å². The molecule has 0 aliphatic carbocycles. The minimum Gasteiger partial charge on any atom is -0.462 e. The van der Waals surface area contributed by atoms with Gasteiger partial charge in [-0.2, -0.15) is 5.26 Å². The number of carbonyl (C=O) groups excluding carboxylic acids is 1. The Morgan fingerprint density at radius 2 is 2.25 bits per heavy atom. The smallest absolute Gasteiger partial charge is 0.338 e. The Bertz CT molecular complexity index is 449. The molecule has 0 radical (unpaired) electrons. The van der Waals surface area contributed by atoms with Crippen molar-refractivity contribution in [3.05, 3.63) is 34.4 Å². The standard InChI is InChI=1S/C12H12BrNO2/c1-3-16-12(15)11-5-9(6-13)10(7-14)4-8(11)2/h4-5H,3,6H2,1-2H3. The number of benzene rings is 1. The lowest BCUT2D eigenvalue weighted by molar-refractivity contribution is 0.0525. The molecule has 0 bridgehead atoms. The first-order valence-corrected chi connectivity index (χ1v) is 6.02. The molecule has 1 rings (SSSR count). The van der Waals surface area contributed by atoms with Gasteiger partial charge < -0.3 is 4.74 Å². The summed E-state index contributed by atoms with van der Waals surface area (Å²) >= 11 is 3.29. The van der Waals surface area contributed by atoms with Crippen molar-refractivity contribution in [1.29, 1.82) is 5.26 Å². The normalized spacial score (nSPS) is 9.62. The highest BCUT2D eigenvalue weighted by Gasteiger charge is 2.13. The van der Waals surface area contributed by atoms with E-state index in [1.165, 1.54) is 0 Å². The third-order valence-electron chi connectivity index (χ3n) is 2.21. The van der Waals surface area contributed by atoms with Gasteiger partial charge in [0.1, 0.15) is 0 Å². The summed E-state index contributed by atoms with van der Waals surface area (Å²) in [6.45, 7) is 3.91. The lowest BCUT2D eigenvalue weighted by Crippen LogP contribution is -2.08. The molecule has 84 valence electrons. The van der Waals surface area contributed by atoms with Gasteiger partial charge in [0.25, 0.3) is 0 Å². The molecule has 0 N–H and O–H groups in total. The van der Waals surface area contributed by atoms with Crippen molar-refractivity contribution in [2.24, 2.45) is 0 Å². The third-order valence-corrected chi connectivity index (χ3v) is 2.81. The molecule has 0 aliphatic rings. The zero-order valence-electron chi connectivity index (χ0n) is 9.21. The maximum atomic E-state index is 11.6. The van der Waals surface area contributed by atoms with Gasteiger partial charge in [-0.05, 0) is 37.1 Å². The van der Waals surface area contributed by atoms with Crippen LogP contribution < -0.4 is 0 Å². The van der Waals surface area contributed by atoms with Crippen LogP contribution in [0.15, 0.2) is 12.1 Å². The predicted molar refractivity (Wildman–Crippen MR) is 64.5 cm³/mol. The van der Waals surface area contributed by atoms with Gasteiger partial charge in [0.05, 0.1) is 23.8 Å². The summed E-state index contributed by atoms with van der Waals surface area (Å²) < 4.78 is 4.94. The molecule has 0 saturated carbocycles. The zero-order valence-corrected chi connectivity index (χ0v) is 10.8. The molecule has 16 heavy (non-hydrogen) atoms. The quantitative estimate of drug-likeness (QED) is 0.632. The molecule has 0 atom stereocenters. The molecule has 4 heteroatoms. The lowest BCUT2D eigenvalue weighted by atomic mass is 10.0. The van der Waals surface area contributed by atoms with Crippen LogP contribution in [-0.4, -0.2) is 12.6 Å². The summed E-state index contributed by atoms with van der Waals surface area (Å²) in [6, 6.07) is 5.52. The summed E-state index contributed by atoms with van der Waals surface area (Å²) in [4.78, 5) is 11.6. The number of esters is 1. The fraction of sp³-hybridized carbons (Fsp3) is 0.333. The number of nitriles is 1. The molecule has 1 aromatic rings. The largest absolute Gasteiger partial charge is 0.462 e. The first-order chi connectivity index (χ1) is 7.63. The van der Waals surface area contributed by atoms with Crippen LogP contribution in [0.1, 0.15) is 34.0 Å². The van der Waals surface area contributed by atoms with Gasteiger partial charge in [-0.3, -0.25) is 0 Å². The van der Waals surface area contributed by atoms with E-state index in [4.69, 9.17) is 10.00 Å². The maximum absolute atomic E-state index is 11.6. The topological polar surface area (TPSA) is 50.1 Å². The average molecular weight is 282 g/mol. The Morgan fingerprint density at radius 3 is 2.75 bits per heavy atom. The zero-order chi connectivity index (χ0) is 12.1. The Balaban J connectivity index is 3.22. The number of hydrogen-bond donors (Lipinski definition) is 0. The second-order valence-electron chi connectivity index (χ2n) is 3.29. The van der Waals surface area contributed by atoms with E-state index in [1.807, 2.05) is 0 Å². The molecular formula is C12H12BrNO2. The van der Waals surface area contributed by atoms with Crippen molar-refractivity contribution in [3.8, 4) is 6.07 Å². The molecule has 0 unspecified atom stereocenters. The van der Waals surface area contributed by atoms with Crippen LogP contribution in [0.4, 0.5) is 0 Å². The summed E-state index contributed by atoms with van der Waals surface area (Å²) in [6.07, 6.45) is 0. The summed E-state index contributed by atoms with van der Waals surface area (Å²) in [5.41, 5.74) is 2.67. The minimum atomic E-state index is -0.341. The number of halogens is 1. The Kier molecular flexibility index (Phi) is 4.51. The molecule has 0 heterocycles. The van der Waals surface area contributed by atoms with Crippen molar-refractivity contribution in [3.63, 3.8) is 0 Å².